The third-order valence-corrected chi connectivity index (χ3v) is 5.78. The van der Waals surface area contributed by atoms with E-state index in [1.807, 2.05) is 0 Å². The van der Waals surface area contributed by atoms with Gasteiger partial charge in [0, 0.05) is 25.9 Å². The van der Waals surface area contributed by atoms with Crippen LogP contribution in [-0.2, 0) is 4.79 Å². The maximum absolute atomic E-state index is 12.8. The van der Waals surface area contributed by atoms with Crippen LogP contribution in [0, 0.1) is 0 Å². The smallest absolute Gasteiger partial charge is 0.287 e. The zero-order valence-corrected chi connectivity index (χ0v) is 17.5. The lowest BCUT2D eigenvalue weighted by molar-refractivity contribution is -0.136. The molecule has 31 heavy (non-hydrogen) atoms. The Hall–Kier alpha value is -3.49. The molecule has 0 radical (unpaired) electrons. The lowest BCUT2D eigenvalue weighted by Gasteiger charge is -2.41. The van der Waals surface area contributed by atoms with E-state index in [0.29, 0.717) is 49.5 Å². The van der Waals surface area contributed by atoms with Crippen molar-refractivity contribution in [2.75, 3.05) is 26.7 Å². The topological polar surface area (TPSA) is 110 Å². The van der Waals surface area contributed by atoms with Gasteiger partial charge in [0.2, 0.25) is 5.91 Å². The predicted octanol–water partition coefficient (Wildman–Crippen LogP) is 1.59. The molecular formula is C22H25N3O6. The van der Waals surface area contributed by atoms with Crippen molar-refractivity contribution in [2.24, 2.45) is 0 Å². The Morgan fingerprint density at radius 1 is 1.26 bits per heavy atom. The van der Waals surface area contributed by atoms with Crippen LogP contribution < -0.4 is 20.1 Å². The van der Waals surface area contributed by atoms with Crippen molar-refractivity contribution in [3.8, 4) is 11.5 Å². The summed E-state index contributed by atoms with van der Waals surface area (Å²) in [6.07, 6.45) is 2.53. The van der Waals surface area contributed by atoms with Gasteiger partial charge in [0.05, 0.1) is 25.5 Å². The Morgan fingerprint density at radius 2 is 2.03 bits per heavy atom. The molecule has 2 aliphatic rings. The minimum Gasteiger partial charge on any atom is -0.497 e. The SMILES string of the molecule is COc1ccc2c(c1)C(=O)NCC1(CCN(C(=O)C(C)NC(=O)c3ccco3)CC1)O2. The summed E-state index contributed by atoms with van der Waals surface area (Å²) in [7, 11) is 1.55. The zero-order chi connectivity index (χ0) is 22.0. The fourth-order valence-corrected chi connectivity index (χ4v) is 3.93. The van der Waals surface area contributed by atoms with Gasteiger partial charge < -0.3 is 29.4 Å². The highest BCUT2D eigenvalue weighted by Crippen LogP contribution is 2.34. The monoisotopic (exact) mass is 427 g/mol. The number of methoxy groups -OCH3 is 1. The molecule has 2 aliphatic heterocycles. The van der Waals surface area contributed by atoms with Gasteiger partial charge in [-0.3, -0.25) is 14.4 Å². The van der Waals surface area contributed by atoms with Crippen molar-refractivity contribution in [1.29, 1.82) is 0 Å². The molecule has 9 nitrogen and oxygen atoms in total. The van der Waals surface area contributed by atoms with E-state index in [4.69, 9.17) is 13.9 Å². The molecule has 0 bridgehead atoms. The minimum absolute atomic E-state index is 0.162. The second kappa shape index (κ2) is 8.33. The van der Waals surface area contributed by atoms with Crippen LogP contribution in [0.25, 0.3) is 0 Å². The average Bonchev–Trinajstić information content (AvgIpc) is 3.29. The van der Waals surface area contributed by atoms with E-state index in [9.17, 15) is 14.4 Å². The summed E-state index contributed by atoms with van der Waals surface area (Å²) in [4.78, 5) is 39.2. The number of carbonyl (C=O) groups excluding carboxylic acids is 3. The lowest BCUT2D eigenvalue weighted by Crippen LogP contribution is -2.56. The van der Waals surface area contributed by atoms with Crippen LogP contribution in [0.3, 0.4) is 0 Å². The van der Waals surface area contributed by atoms with E-state index in [-0.39, 0.29) is 17.6 Å². The quantitative estimate of drug-likeness (QED) is 0.767. The molecule has 1 fully saturated rings. The number of carbonyl (C=O) groups is 3. The molecule has 4 rings (SSSR count). The molecule has 0 aliphatic carbocycles. The molecule has 1 aromatic carbocycles. The standard InChI is InChI=1S/C22H25N3O6/c1-14(24-20(27)18-4-3-11-30-18)21(28)25-9-7-22(8-10-25)13-23-19(26)16-12-15(29-2)5-6-17(16)31-22/h3-6,11-12,14H,7-10,13H2,1-2H3,(H,23,26)(H,24,27). The van der Waals surface area contributed by atoms with Gasteiger partial charge >= 0.3 is 0 Å². The number of piperidine rings is 1. The average molecular weight is 427 g/mol. The van der Waals surface area contributed by atoms with Gasteiger partial charge in [-0.1, -0.05) is 0 Å². The Labute approximate surface area is 179 Å². The van der Waals surface area contributed by atoms with Gasteiger partial charge in [-0.25, -0.2) is 0 Å². The minimum atomic E-state index is -0.686. The Morgan fingerprint density at radius 3 is 2.71 bits per heavy atom. The summed E-state index contributed by atoms with van der Waals surface area (Å²) in [5, 5.41) is 5.60. The van der Waals surface area contributed by atoms with Gasteiger partial charge in [-0.2, -0.15) is 0 Å². The van der Waals surface area contributed by atoms with Crippen LogP contribution >= 0.6 is 0 Å². The molecular weight excluding hydrogens is 402 g/mol. The summed E-state index contributed by atoms with van der Waals surface area (Å²) in [5.74, 6) is 0.446. The normalized spacial score (nSPS) is 18.3. The number of nitrogens with zero attached hydrogens (tertiary/aromatic N) is 1. The number of hydrogen-bond acceptors (Lipinski definition) is 6. The molecule has 3 amide bonds. The van der Waals surface area contributed by atoms with Gasteiger partial charge in [-0.05, 0) is 37.3 Å². The zero-order valence-electron chi connectivity index (χ0n) is 17.5. The molecule has 2 aromatic rings. The summed E-state index contributed by atoms with van der Waals surface area (Å²) in [6, 6.07) is 7.63. The number of likely N-dealkylation sites (tertiary alicyclic amines) is 1. The third-order valence-electron chi connectivity index (χ3n) is 5.78. The van der Waals surface area contributed by atoms with E-state index in [1.54, 1.807) is 49.3 Å². The maximum atomic E-state index is 12.8. The van der Waals surface area contributed by atoms with Gasteiger partial charge in [0.25, 0.3) is 11.8 Å². The molecule has 1 atom stereocenters. The van der Waals surface area contributed by atoms with E-state index in [2.05, 4.69) is 10.6 Å². The number of amides is 3. The van der Waals surface area contributed by atoms with Crippen LogP contribution in [0.4, 0.5) is 0 Å². The number of nitrogens with one attached hydrogen (secondary N) is 2. The van der Waals surface area contributed by atoms with Crippen molar-refractivity contribution >= 4 is 17.7 Å². The van der Waals surface area contributed by atoms with Crippen molar-refractivity contribution < 1.29 is 28.3 Å². The van der Waals surface area contributed by atoms with Crippen LogP contribution in [0.15, 0.2) is 41.0 Å². The summed E-state index contributed by atoms with van der Waals surface area (Å²) < 4.78 is 16.6. The van der Waals surface area contributed by atoms with Crippen molar-refractivity contribution in [1.82, 2.24) is 15.5 Å². The highest BCUT2D eigenvalue weighted by atomic mass is 16.5. The molecule has 2 N–H and O–H groups in total. The van der Waals surface area contributed by atoms with Crippen LogP contribution in [-0.4, -0.2) is 61.0 Å². The largest absolute Gasteiger partial charge is 0.497 e. The Balaban J connectivity index is 1.39. The summed E-state index contributed by atoms with van der Waals surface area (Å²) >= 11 is 0. The first-order valence-electron chi connectivity index (χ1n) is 10.2. The third kappa shape index (κ3) is 4.21. The van der Waals surface area contributed by atoms with Crippen LogP contribution in [0.5, 0.6) is 11.5 Å². The van der Waals surface area contributed by atoms with E-state index in [1.165, 1.54) is 6.26 Å². The van der Waals surface area contributed by atoms with Gasteiger partial charge in [0.1, 0.15) is 23.1 Å². The molecule has 1 spiro atoms. The first-order valence-corrected chi connectivity index (χ1v) is 10.2. The molecule has 1 aromatic heterocycles. The number of hydrogen-bond donors (Lipinski definition) is 2. The number of furan rings is 1. The van der Waals surface area contributed by atoms with Crippen LogP contribution in [0.2, 0.25) is 0 Å². The number of benzene rings is 1. The summed E-state index contributed by atoms with van der Waals surface area (Å²) in [6.45, 7) is 2.93. The molecule has 164 valence electrons. The highest BCUT2D eigenvalue weighted by molar-refractivity contribution is 5.98. The second-order valence-corrected chi connectivity index (χ2v) is 7.83. The van der Waals surface area contributed by atoms with Gasteiger partial charge in [0.15, 0.2) is 5.76 Å². The fourth-order valence-electron chi connectivity index (χ4n) is 3.93. The molecule has 1 saturated heterocycles. The predicted molar refractivity (Wildman–Crippen MR) is 110 cm³/mol. The first-order chi connectivity index (χ1) is 14.9. The van der Waals surface area contributed by atoms with E-state index < -0.39 is 17.6 Å². The van der Waals surface area contributed by atoms with E-state index >= 15 is 0 Å². The molecule has 3 heterocycles. The van der Waals surface area contributed by atoms with E-state index in [0.717, 1.165) is 0 Å². The van der Waals surface area contributed by atoms with Crippen LogP contribution in [0.1, 0.15) is 40.7 Å². The molecule has 1 unspecified atom stereocenters. The first kappa shape index (κ1) is 20.8. The second-order valence-electron chi connectivity index (χ2n) is 7.83. The van der Waals surface area contributed by atoms with Crippen molar-refractivity contribution in [2.45, 2.75) is 31.4 Å². The van der Waals surface area contributed by atoms with Crippen molar-refractivity contribution in [3.05, 3.63) is 47.9 Å². The maximum Gasteiger partial charge on any atom is 0.287 e. The van der Waals surface area contributed by atoms with Gasteiger partial charge in [-0.15, -0.1) is 0 Å². The Bertz CT molecular complexity index is 979. The summed E-state index contributed by atoms with van der Waals surface area (Å²) in [5.41, 5.74) is -0.156. The fraction of sp³-hybridized carbons (Fsp3) is 0.409. The highest BCUT2D eigenvalue weighted by Gasteiger charge is 2.41. The molecule has 0 saturated carbocycles. The Kier molecular flexibility index (Phi) is 5.58. The van der Waals surface area contributed by atoms with Crippen molar-refractivity contribution in [3.63, 3.8) is 0 Å². The lowest BCUT2D eigenvalue weighted by atomic mass is 9.90. The number of ether oxygens (including phenoxy) is 2. The number of fused-ring (bicyclic) bond motifs is 1. The molecule has 9 heteroatoms. The number of rotatable bonds is 4.